The van der Waals surface area contributed by atoms with Gasteiger partial charge >= 0.3 is 5.97 Å². The maximum atomic E-state index is 12.5. The molecule has 1 heterocycles. The number of benzene rings is 1. The molecule has 1 amide bonds. The van der Waals surface area contributed by atoms with Gasteiger partial charge in [-0.1, -0.05) is 30.3 Å². The lowest BCUT2D eigenvalue weighted by molar-refractivity contribution is -0.139. The summed E-state index contributed by atoms with van der Waals surface area (Å²) in [4.78, 5) is 25.3. The summed E-state index contributed by atoms with van der Waals surface area (Å²) in [5.74, 6) is -1.28. The predicted octanol–water partition coefficient (Wildman–Crippen LogP) is 3.05. The van der Waals surface area contributed by atoms with Gasteiger partial charge in [-0.25, -0.2) is 4.79 Å². The third kappa shape index (κ3) is 3.62. The highest BCUT2D eigenvalue weighted by Gasteiger charge is 2.25. The van der Waals surface area contributed by atoms with Gasteiger partial charge in [-0.15, -0.1) is 11.3 Å². The van der Waals surface area contributed by atoms with Gasteiger partial charge in [0, 0.05) is 16.7 Å². The quantitative estimate of drug-likeness (QED) is 0.886. The number of carboxylic acids is 1. The molecule has 1 aliphatic rings. The number of carboxylic acid groups (broad SMARTS) is 1. The summed E-state index contributed by atoms with van der Waals surface area (Å²) in [7, 11) is 0. The molecule has 5 heteroatoms. The van der Waals surface area contributed by atoms with E-state index >= 15 is 0 Å². The van der Waals surface area contributed by atoms with Crippen LogP contribution in [0.5, 0.6) is 0 Å². The van der Waals surface area contributed by atoms with E-state index in [0.29, 0.717) is 5.56 Å². The summed E-state index contributed by atoms with van der Waals surface area (Å²) in [6.07, 6.45) is 4.49. The van der Waals surface area contributed by atoms with Gasteiger partial charge in [-0.05, 0) is 36.8 Å². The summed E-state index contributed by atoms with van der Waals surface area (Å²) in [6.45, 7) is 0. The van der Waals surface area contributed by atoms with E-state index in [-0.39, 0.29) is 12.3 Å². The highest BCUT2D eigenvalue weighted by Crippen LogP contribution is 2.30. The Morgan fingerprint density at radius 3 is 2.65 bits per heavy atom. The van der Waals surface area contributed by atoms with Crippen LogP contribution >= 0.6 is 11.3 Å². The number of carbonyl (C=O) groups is 2. The fourth-order valence-electron chi connectivity index (χ4n) is 2.97. The van der Waals surface area contributed by atoms with Crippen LogP contribution in [0.2, 0.25) is 0 Å². The molecule has 0 aliphatic heterocycles. The Balaban J connectivity index is 1.74. The van der Waals surface area contributed by atoms with Crippen LogP contribution in [-0.4, -0.2) is 23.0 Å². The number of rotatable bonds is 5. The highest BCUT2D eigenvalue weighted by molar-refractivity contribution is 7.10. The average Bonchev–Trinajstić information content (AvgIpc) is 2.99. The number of fused-ring (bicyclic) bond motifs is 1. The first-order valence-corrected chi connectivity index (χ1v) is 8.70. The number of hydrogen-bond donors (Lipinski definition) is 2. The monoisotopic (exact) mass is 329 g/mol. The fraction of sp³-hybridized carbons (Fsp3) is 0.333. The summed E-state index contributed by atoms with van der Waals surface area (Å²) < 4.78 is 0. The molecule has 23 heavy (non-hydrogen) atoms. The van der Waals surface area contributed by atoms with Crippen LogP contribution in [0.1, 0.15) is 39.2 Å². The first-order valence-electron chi connectivity index (χ1n) is 7.82. The van der Waals surface area contributed by atoms with Crippen molar-refractivity contribution in [1.82, 2.24) is 5.32 Å². The average molecular weight is 329 g/mol. The summed E-state index contributed by atoms with van der Waals surface area (Å²) in [6, 6.07) is 8.44. The second-order valence-electron chi connectivity index (χ2n) is 5.81. The van der Waals surface area contributed by atoms with Crippen molar-refractivity contribution in [3.05, 3.63) is 57.3 Å². The van der Waals surface area contributed by atoms with E-state index in [9.17, 15) is 14.7 Å². The Labute approximate surface area is 139 Å². The second-order valence-corrected chi connectivity index (χ2v) is 6.78. The maximum absolute atomic E-state index is 12.5. The molecule has 4 nitrogen and oxygen atoms in total. The van der Waals surface area contributed by atoms with E-state index in [0.717, 1.165) is 30.4 Å². The van der Waals surface area contributed by atoms with Gasteiger partial charge in [0.1, 0.15) is 6.04 Å². The van der Waals surface area contributed by atoms with Crippen LogP contribution in [-0.2, 0) is 24.1 Å². The molecular weight excluding hydrogens is 310 g/mol. The highest BCUT2D eigenvalue weighted by atomic mass is 32.1. The lowest BCUT2D eigenvalue weighted by atomic mass is 9.95. The standard InChI is InChI=1S/C18H19NO3S/c20-17(14-11-23-16-9-5-4-8-13(14)16)19-15(18(21)22)10-12-6-2-1-3-7-12/h1-3,6-7,11,15H,4-5,8-10H2,(H,19,20)(H,21,22)/t15-/m0/s1. The summed E-state index contributed by atoms with van der Waals surface area (Å²) in [5.41, 5.74) is 2.67. The van der Waals surface area contributed by atoms with Crippen molar-refractivity contribution < 1.29 is 14.7 Å². The zero-order chi connectivity index (χ0) is 16.2. The minimum atomic E-state index is -1.01. The van der Waals surface area contributed by atoms with Crippen molar-refractivity contribution in [2.24, 2.45) is 0 Å². The predicted molar refractivity (Wildman–Crippen MR) is 90.0 cm³/mol. The Hall–Kier alpha value is -2.14. The lowest BCUT2D eigenvalue weighted by Crippen LogP contribution is -2.42. The van der Waals surface area contributed by atoms with Crippen LogP contribution in [0.4, 0.5) is 0 Å². The van der Waals surface area contributed by atoms with E-state index in [4.69, 9.17) is 0 Å². The molecular formula is C18H19NO3S. The number of carbonyl (C=O) groups excluding carboxylic acids is 1. The van der Waals surface area contributed by atoms with E-state index in [2.05, 4.69) is 5.32 Å². The molecule has 1 aromatic carbocycles. The molecule has 0 saturated heterocycles. The number of thiophene rings is 1. The van der Waals surface area contributed by atoms with Crippen molar-refractivity contribution in [2.45, 2.75) is 38.1 Å². The third-order valence-electron chi connectivity index (χ3n) is 4.19. The molecule has 0 fully saturated rings. The van der Waals surface area contributed by atoms with Crippen LogP contribution in [0.3, 0.4) is 0 Å². The van der Waals surface area contributed by atoms with E-state index < -0.39 is 12.0 Å². The third-order valence-corrected chi connectivity index (χ3v) is 5.28. The number of aryl methyl sites for hydroxylation is 1. The molecule has 1 atom stereocenters. The van der Waals surface area contributed by atoms with E-state index in [1.807, 2.05) is 35.7 Å². The minimum absolute atomic E-state index is 0.271. The minimum Gasteiger partial charge on any atom is -0.480 e. The molecule has 3 rings (SSSR count). The van der Waals surface area contributed by atoms with Crippen molar-refractivity contribution in [3.8, 4) is 0 Å². The largest absolute Gasteiger partial charge is 0.480 e. The summed E-state index contributed by atoms with van der Waals surface area (Å²) >= 11 is 1.61. The Morgan fingerprint density at radius 1 is 1.17 bits per heavy atom. The molecule has 2 aromatic rings. The zero-order valence-electron chi connectivity index (χ0n) is 12.7. The molecule has 0 saturated carbocycles. The Kier molecular flexibility index (Phi) is 4.76. The zero-order valence-corrected chi connectivity index (χ0v) is 13.6. The maximum Gasteiger partial charge on any atom is 0.326 e. The molecule has 120 valence electrons. The fourth-order valence-corrected chi connectivity index (χ4v) is 4.10. The van der Waals surface area contributed by atoms with Crippen molar-refractivity contribution in [3.63, 3.8) is 0 Å². The Morgan fingerprint density at radius 2 is 1.91 bits per heavy atom. The van der Waals surface area contributed by atoms with Crippen molar-refractivity contribution in [2.75, 3.05) is 0 Å². The first-order chi connectivity index (χ1) is 11.1. The number of aliphatic carboxylic acids is 1. The molecule has 0 spiro atoms. The molecule has 0 unspecified atom stereocenters. The van der Waals surface area contributed by atoms with Crippen LogP contribution in [0.25, 0.3) is 0 Å². The molecule has 2 N–H and O–H groups in total. The summed E-state index contributed by atoms with van der Waals surface area (Å²) in [5, 5.41) is 14.0. The smallest absolute Gasteiger partial charge is 0.326 e. The SMILES string of the molecule is O=C(N[C@@H](Cc1ccccc1)C(=O)O)c1csc2c1CCCC2. The van der Waals surface area contributed by atoms with Crippen LogP contribution < -0.4 is 5.32 Å². The molecule has 0 bridgehead atoms. The van der Waals surface area contributed by atoms with E-state index in [1.54, 1.807) is 11.3 Å². The van der Waals surface area contributed by atoms with Gasteiger partial charge in [0.05, 0.1) is 5.56 Å². The van der Waals surface area contributed by atoms with Crippen LogP contribution in [0.15, 0.2) is 35.7 Å². The molecule has 1 aliphatic carbocycles. The van der Waals surface area contributed by atoms with Gasteiger partial charge in [-0.3, -0.25) is 4.79 Å². The topological polar surface area (TPSA) is 66.4 Å². The number of hydrogen-bond acceptors (Lipinski definition) is 3. The Bertz CT molecular complexity index is 708. The van der Waals surface area contributed by atoms with Crippen LogP contribution in [0, 0.1) is 0 Å². The lowest BCUT2D eigenvalue weighted by Gasteiger charge is -2.16. The first kappa shape index (κ1) is 15.7. The van der Waals surface area contributed by atoms with Gasteiger partial charge < -0.3 is 10.4 Å². The number of amides is 1. The van der Waals surface area contributed by atoms with Crippen molar-refractivity contribution in [1.29, 1.82) is 0 Å². The van der Waals surface area contributed by atoms with Gasteiger partial charge in [-0.2, -0.15) is 0 Å². The second kappa shape index (κ2) is 6.96. The molecule has 1 aromatic heterocycles. The number of nitrogens with one attached hydrogen (secondary N) is 1. The molecule has 0 radical (unpaired) electrons. The van der Waals surface area contributed by atoms with Gasteiger partial charge in [0.25, 0.3) is 5.91 Å². The van der Waals surface area contributed by atoms with Gasteiger partial charge in [0.2, 0.25) is 0 Å². The normalized spacial score (nSPS) is 14.8. The van der Waals surface area contributed by atoms with Gasteiger partial charge in [0.15, 0.2) is 0 Å². The van der Waals surface area contributed by atoms with E-state index in [1.165, 1.54) is 11.3 Å². The van der Waals surface area contributed by atoms with Crippen molar-refractivity contribution >= 4 is 23.2 Å².